The van der Waals surface area contributed by atoms with E-state index in [2.05, 4.69) is 10.6 Å². The van der Waals surface area contributed by atoms with Crippen LogP contribution in [0.15, 0.2) is 0 Å². The summed E-state index contributed by atoms with van der Waals surface area (Å²) in [5.74, 6) is -0.801. The summed E-state index contributed by atoms with van der Waals surface area (Å²) in [4.78, 5) is 30.9. The molecule has 2 amide bonds. The van der Waals surface area contributed by atoms with Gasteiger partial charge in [0.25, 0.3) is 0 Å². The Morgan fingerprint density at radius 3 is 2.77 bits per heavy atom. The van der Waals surface area contributed by atoms with E-state index in [-0.39, 0.29) is 24.7 Å². The minimum atomic E-state index is -0.801. The molecule has 8 heteroatoms. The van der Waals surface area contributed by atoms with E-state index >= 15 is 0 Å². The number of carboxylic acid groups (broad SMARTS) is 1. The summed E-state index contributed by atoms with van der Waals surface area (Å²) in [6.07, 6.45) is 7.16. The number of aryl methyl sites for hydroxylation is 2. The van der Waals surface area contributed by atoms with Crippen LogP contribution in [0.3, 0.4) is 0 Å². The Morgan fingerprint density at radius 2 is 2.08 bits per heavy atom. The highest BCUT2D eigenvalue weighted by molar-refractivity contribution is 7.11. The summed E-state index contributed by atoms with van der Waals surface area (Å²) in [6, 6.07) is 0.245. The number of carbonyl (C=O) groups excluding carboxylic acids is 1. The van der Waals surface area contributed by atoms with Crippen molar-refractivity contribution in [3.63, 3.8) is 0 Å². The second-order valence-electron chi connectivity index (χ2n) is 7.11. The third-order valence-electron chi connectivity index (χ3n) is 5.22. The Bertz CT molecular complexity index is 619. The van der Waals surface area contributed by atoms with E-state index in [4.69, 9.17) is 10.1 Å². The molecular weight excluding hydrogens is 352 g/mol. The Kier molecular flexibility index (Phi) is 6.48. The van der Waals surface area contributed by atoms with Crippen molar-refractivity contribution in [3.8, 4) is 0 Å². The van der Waals surface area contributed by atoms with E-state index < -0.39 is 5.97 Å². The predicted octanol–water partition coefficient (Wildman–Crippen LogP) is 1.80. The predicted molar refractivity (Wildman–Crippen MR) is 101 cm³/mol. The first-order valence-corrected chi connectivity index (χ1v) is 10.3. The SMILES string of the molecule is CCN(CC(=O)O)C1CC(NC(=O)NCCc2nc3c(s2)CCCC3)C1. The Morgan fingerprint density at radius 1 is 1.31 bits per heavy atom. The average molecular weight is 381 g/mol. The number of carbonyl (C=O) groups is 2. The zero-order valence-corrected chi connectivity index (χ0v) is 16.1. The van der Waals surface area contributed by atoms with Gasteiger partial charge in [0.05, 0.1) is 17.2 Å². The van der Waals surface area contributed by atoms with Gasteiger partial charge < -0.3 is 15.7 Å². The number of nitrogens with zero attached hydrogens (tertiary/aromatic N) is 2. The first kappa shape index (κ1) is 19.1. The first-order valence-electron chi connectivity index (χ1n) is 9.52. The third-order valence-corrected chi connectivity index (χ3v) is 6.44. The number of nitrogens with one attached hydrogen (secondary N) is 2. The van der Waals surface area contributed by atoms with Crippen LogP contribution in [0.1, 0.15) is 48.2 Å². The summed E-state index contributed by atoms with van der Waals surface area (Å²) in [5, 5.41) is 15.9. The maximum Gasteiger partial charge on any atom is 0.317 e. The number of aliphatic carboxylic acids is 1. The maximum atomic E-state index is 12.0. The summed E-state index contributed by atoms with van der Waals surface area (Å²) < 4.78 is 0. The number of hydrogen-bond donors (Lipinski definition) is 3. The molecule has 144 valence electrons. The molecule has 0 unspecified atom stereocenters. The molecule has 3 rings (SSSR count). The normalized spacial score (nSPS) is 21.8. The van der Waals surface area contributed by atoms with Gasteiger partial charge in [-0.1, -0.05) is 6.92 Å². The lowest BCUT2D eigenvalue weighted by molar-refractivity contribution is -0.139. The Hall–Kier alpha value is -1.67. The molecule has 0 spiro atoms. The molecule has 0 saturated heterocycles. The Balaban J connectivity index is 1.33. The number of hydrogen-bond acceptors (Lipinski definition) is 5. The Labute approximate surface area is 158 Å². The molecule has 0 aliphatic heterocycles. The topological polar surface area (TPSA) is 94.6 Å². The molecule has 1 aromatic heterocycles. The quantitative estimate of drug-likeness (QED) is 0.639. The lowest BCUT2D eigenvalue weighted by Gasteiger charge is -2.42. The van der Waals surface area contributed by atoms with Crippen molar-refractivity contribution < 1.29 is 14.7 Å². The molecule has 3 N–H and O–H groups in total. The van der Waals surface area contributed by atoms with Crippen LogP contribution >= 0.6 is 11.3 Å². The van der Waals surface area contributed by atoms with Crippen molar-refractivity contribution in [2.24, 2.45) is 0 Å². The molecule has 7 nitrogen and oxygen atoms in total. The molecule has 2 aliphatic rings. The number of fused-ring (bicyclic) bond motifs is 1. The third kappa shape index (κ3) is 4.94. The highest BCUT2D eigenvalue weighted by atomic mass is 32.1. The number of rotatable bonds is 8. The second kappa shape index (κ2) is 8.81. The van der Waals surface area contributed by atoms with Gasteiger partial charge in [0.15, 0.2) is 0 Å². The van der Waals surface area contributed by atoms with Crippen LogP contribution in [-0.4, -0.2) is 58.7 Å². The number of urea groups is 1. The van der Waals surface area contributed by atoms with Crippen LogP contribution in [0.5, 0.6) is 0 Å². The van der Waals surface area contributed by atoms with Gasteiger partial charge in [-0.3, -0.25) is 9.69 Å². The summed E-state index contributed by atoms with van der Waals surface area (Å²) in [6.45, 7) is 3.34. The molecule has 0 atom stereocenters. The van der Waals surface area contributed by atoms with Crippen molar-refractivity contribution in [1.82, 2.24) is 20.5 Å². The fraction of sp³-hybridized carbons (Fsp3) is 0.722. The zero-order valence-electron chi connectivity index (χ0n) is 15.3. The van der Waals surface area contributed by atoms with Gasteiger partial charge in [0.2, 0.25) is 0 Å². The first-order chi connectivity index (χ1) is 12.5. The molecule has 1 saturated carbocycles. The van der Waals surface area contributed by atoms with Gasteiger partial charge in [-0.25, -0.2) is 9.78 Å². The summed E-state index contributed by atoms with van der Waals surface area (Å²) in [5.41, 5.74) is 1.27. The largest absolute Gasteiger partial charge is 0.480 e. The number of aromatic nitrogens is 1. The number of carboxylic acids is 1. The second-order valence-corrected chi connectivity index (χ2v) is 8.28. The highest BCUT2D eigenvalue weighted by Gasteiger charge is 2.34. The van der Waals surface area contributed by atoms with E-state index in [0.717, 1.165) is 37.1 Å². The lowest BCUT2D eigenvalue weighted by atomic mass is 9.85. The number of amides is 2. The molecule has 1 fully saturated rings. The molecule has 0 bridgehead atoms. The van der Waals surface area contributed by atoms with Crippen LogP contribution in [0.25, 0.3) is 0 Å². The highest BCUT2D eigenvalue weighted by Crippen LogP contribution is 2.27. The van der Waals surface area contributed by atoms with Crippen LogP contribution in [0.2, 0.25) is 0 Å². The summed E-state index contributed by atoms with van der Waals surface area (Å²) in [7, 11) is 0. The van der Waals surface area contributed by atoms with Gasteiger partial charge in [0.1, 0.15) is 0 Å². The molecule has 0 radical (unpaired) electrons. The molecule has 1 aromatic rings. The van der Waals surface area contributed by atoms with Crippen molar-refractivity contribution >= 4 is 23.3 Å². The summed E-state index contributed by atoms with van der Waals surface area (Å²) >= 11 is 1.79. The van der Waals surface area contributed by atoms with Gasteiger partial charge in [-0.05, 0) is 45.1 Å². The zero-order chi connectivity index (χ0) is 18.5. The van der Waals surface area contributed by atoms with E-state index in [9.17, 15) is 9.59 Å². The molecular formula is C18H28N4O3S. The van der Waals surface area contributed by atoms with Crippen LogP contribution in [0.4, 0.5) is 4.79 Å². The number of thiazole rings is 1. The van der Waals surface area contributed by atoms with Crippen molar-refractivity contribution in [2.75, 3.05) is 19.6 Å². The number of likely N-dealkylation sites (N-methyl/N-ethyl adjacent to an activating group) is 1. The fourth-order valence-corrected chi connectivity index (χ4v) is 4.86. The van der Waals surface area contributed by atoms with Crippen LogP contribution in [0, 0.1) is 0 Å². The average Bonchev–Trinajstić information content (AvgIpc) is 2.98. The van der Waals surface area contributed by atoms with Crippen LogP contribution in [-0.2, 0) is 24.1 Å². The van der Waals surface area contributed by atoms with Crippen molar-refractivity contribution in [1.29, 1.82) is 0 Å². The monoisotopic (exact) mass is 380 g/mol. The fourth-order valence-electron chi connectivity index (χ4n) is 3.71. The van der Waals surface area contributed by atoms with Gasteiger partial charge in [-0.15, -0.1) is 11.3 Å². The van der Waals surface area contributed by atoms with Gasteiger partial charge >= 0.3 is 12.0 Å². The maximum absolute atomic E-state index is 12.0. The molecule has 0 aromatic carbocycles. The molecule has 1 heterocycles. The molecule has 2 aliphatic carbocycles. The standard InChI is InChI=1S/C18H28N4O3S/c1-2-22(11-17(23)24)13-9-12(10-13)20-18(25)19-8-7-16-21-14-5-3-4-6-15(14)26-16/h12-13H,2-11H2,1H3,(H,23,24)(H2,19,20,25). The van der Waals surface area contributed by atoms with E-state index in [1.165, 1.54) is 23.4 Å². The minimum absolute atomic E-state index is 0.0673. The van der Waals surface area contributed by atoms with Crippen molar-refractivity contribution in [3.05, 3.63) is 15.6 Å². The van der Waals surface area contributed by atoms with E-state index in [1.54, 1.807) is 11.3 Å². The molecule has 26 heavy (non-hydrogen) atoms. The van der Waals surface area contributed by atoms with Crippen LogP contribution < -0.4 is 10.6 Å². The van der Waals surface area contributed by atoms with E-state index in [1.807, 2.05) is 11.8 Å². The van der Waals surface area contributed by atoms with E-state index in [0.29, 0.717) is 13.1 Å². The minimum Gasteiger partial charge on any atom is -0.480 e. The van der Waals surface area contributed by atoms with Gasteiger partial charge in [0, 0.05) is 29.9 Å². The smallest absolute Gasteiger partial charge is 0.317 e. The van der Waals surface area contributed by atoms with Gasteiger partial charge in [-0.2, -0.15) is 0 Å². The van der Waals surface area contributed by atoms with Crippen molar-refractivity contribution in [2.45, 2.75) is 64.0 Å². The lowest BCUT2D eigenvalue weighted by Crippen LogP contribution is -2.56.